The molecule has 0 amide bonds. The molecule has 2 saturated carbocycles. The normalized spacial score (nSPS) is 37.5. The van der Waals surface area contributed by atoms with Gasteiger partial charge in [-0.15, -0.1) is 0 Å². The van der Waals surface area contributed by atoms with Gasteiger partial charge in [0.15, 0.2) is 5.78 Å². The first kappa shape index (κ1) is 21.0. The number of fused-ring (bicyclic) bond motifs is 5. The number of ketones is 1. The number of halogens is 1. The second-order valence-electron chi connectivity index (χ2n) is 11.3. The summed E-state index contributed by atoms with van der Waals surface area (Å²) < 4.78 is 14.0. The summed E-state index contributed by atoms with van der Waals surface area (Å²) >= 11 is 0. The van der Waals surface area contributed by atoms with Gasteiger partial charge in [0.1, 0.15) is 5.82 Å². The lowest BCUT2D eigenvalue weighted by Gasteiger charge is -2.59. The average Bonchev–Trinajstić information content (AvgIpc) is 3.17. The molecule has 3 heteroatoms. The van der Waals surface area contributed by atoms with Crippen molar-refractivity contribution >= 4 is 11.4 Å². The maximum absolute atomic E-state index is 14.0. The summed E-state index contributed by atoms with van der Waals surface area (Å²) in [5, 5.41) is 0. The van der Waals surface area contributed by atoms with Gasteiger partial charge < -0.3 is 0 Å². The smallest absolute Gasteiger partial charge is 0.155 e. The number of carbonyl (C=O) groups excluding carboxylic acids is 1. The molecule has 0 spiro atoms. The number of benzene rings is 1. The molecule has 0 saturated heterocycles. The molecule has 2 fully saturated rings. The Morgan fingerprint density at radius 2 is 1.85 bits per heavy atom. The molecule has 0 N–H and O–H groups in total. The van der Waals surface area contributed by atoms with Crippen LogP contribution in [0, 0.1) is 34.4 Å². The van der Waals surface area contributed by atoms with Crippen molar-refractivity contribution < 1.29 is 9.18 Å². The maximum Gasteiger partial charge on any atom is 0.155 e. The Morgan fingerprint density at radius 1 is 1.03 bits per heavy atom. The van der Waals surface area contributed by atoms with Crippen molar-refractivity contribution in [2.24, 2.45) is 28.6 Å². The van der Waals surface area contributed by atoms with Gasteiger partial charge in [-0.25, -0.2) is 4.39 Å². The first-order valence-corrected chi connectivity index (χ1v) is 12.5. The number of allylic oxidation sites excluding steroid dienone is 4. The van der Waals surface area contributed by atoms with Gasteiger partial charge in [0.2, 0.25) is 0 Å². The molecular formula is C30H32FNO. The van der Waals surface area contributed by atoms with Gasteiger partial charge in [0, 0.05) is 18.5 Å². The van der Waals surface area contributed by atoms with Crippen molar-refractivity contribution in [3.8, 4) is 0 Å². The minimum Gasteiger partial charge on any atom is -0.295 e. The van der Waals surface area contributed by atoms with Gasteiger partial charge in [-0.3, -0.25) is 9.78 Å². The number of pyridine rings is 1. The summed E-state index contributed by atoms with van der Waals surface area (Å²) in [6.07, 6.45) is 13.6. The standard InChI is InChI=1S/C30H32FNO/c1-29-13-11-27-24(26(29)9-8-25(29)20-14-21(31)18-32-17-20)16-23(19-6-4-3-5-7-19)28-15-22(33)10-12-30(27,28)2/h3-8,14-15,17-18,23-24,26-27H,9-13,16H2,1-2H3. The summed E-state index contributed by atoms with van der Waals surface area (Å²) in [6.45, 7) is 4.85. The molecule has 4 aliphatic rings. The number of carbonyl (C=O) groups is 1. The topological polar surface area (TPSA) is 30.0 Å². The number of rotatable bonds is 2. The fourth-order valence-corrected chi connectivity index (χ4v) is 8.22. The van der Waals surface area contributed by atoms with E-state index in [1.807, 2.05) is 12.3 Å². The second kappa shape index (κ2) is 7.48. The number of nitrogens with zero attached hydrogens (tertiary/aromatic N) is 1. The van der Waals surface area contributed by atoms with Crippen LogP contribution in [-0.4, -0.2) is 10.8 Å². The Labute approximate surface area is 196 Å². The van der Waals surface area contributed by atoms with Crippen LogP contribution in [0.2, 0.25) is 0 Å². The van der Waals surface area contributed by atoms with Crippen LogP contribution in [0.1, 0.15) is 69.4 Å². The third-order valence-corrected chi connectivity index (χ3v) is 9.80. The lowest BCUT2D eigenvalue weighted by molar-refractivity contribution is -0.117. The summed E-state index contributed by atoms with van der Waals surface area (Å²) in [6, 6.07) is 12.5. The molecule has 6 rings (SSSR count). The Morgan fingerprint density at radius 3 is 2.64 bits per heavy atom. The number of hydrogen-bond donors (Lipinski definition) is 0. The van der Waals surface area contributed by atoms with Crippen molar-refractivity contribution in [3.63, 3.8) is 0 Å². The van der Waals surface area contributed by atoms with E-state index in [2.05, 4.69) is 55.2 Å². The van der Waals surface area contributed by atoms with E-state index in [4.69, 9.17) is 0 Å². The maximum atomic E-state index is 14.0. The van der Waals surface area contributed by atoms with Gasteiger partial charge in [-0.1, -0.05) is 55.8 Å². The minimum atomic E-state index is -0.259. The highest BCUT2D eigenvalue weighted by atomic mass is 19.1. The van der Waals surface area contributed by atoms with Crippen LogP contribution >= 0.6 is 0 Å². The van der Waals surface area contributed by atoms with E-state index in [1.165, 1.54) is 29.3 Å². The van der Waals surface area contributed by atoms with Crippen LogP contribution in [0.25, 0.3) is 5.57 Å². The van der Waals surface area contributed by atoms with E-state index in [-0.39, 0.29) is 16.6 Å². The van der Waals surface area contributed by atoms with Crippen molar-refractivity contribution in [3.05, 3.63) is 83.5 Å². The first-order chi connectivity index (χ1) is 15.9. The first-order valence-electron chi connectivity index (χ1n) is 12.5. The average molecular weight is 442 g/mol. The molecule has 1 aromatic heterocycles. The van der Waals surface area contributed by atoms with E-state index in [0.29, 0.717) is 35.9 Å². The van der Waals surface area contributed by atoms with Crippen molar-refractivity contribution in [1.29, 1.82) is 0 Å². The zero-order chi connectivity index (χ0) is 22.8. The van der Waals surface area contributed by atoms with Crippen LogP contribution in [0.5, 0.6) is 0 Å². The SMILES string of the molecule is CC12CCC3C(CC(c4ccccc4)C4=CC(=O)CCC43C)C1CC=C2c1cncc(F)c1. The second-order valence-corrected chi connectivity index (χ2v) is 11.3. The van der Waals surface area contributed by atoms with Gasteiger partial charge in [-0.05, 0) is 89.5 Å². The van der Waals surface area contributed by atoms with Crippen molar-refractivity contribution in [1.82, 2.24) is 4.98 Å². The van der Waals surface area contributed by atoms with Crippen LogP contribution in [0.3, 0.4) is 0 Å². The highest BCUT2D eigenvalue weighted by Gasteiger charge is 2.59. The minimum absolute atomic E-state index is 0.0555. The van der Waals surface area contributed by atoms with Gasteiger partial charge in [0.05, 0.1) is 6.20 Å². The summed E-state index contributed by atoms with van der Waals surface area (Å²) in [5.74, 6) is 2.10. The van der Waals surface area contributed by atoms with Crippen LogP contribution in [0.15, 0.2) is 66.5 Å². The summed E-state index contributed by atoms with van der Waals surface area (Å²) in [5.41, 5.74) is 5.11. The van der Waals surface area contributed by atoms with E-state index in [1.54, 1.807) is 6.07 Å². The zero-order valence-corrected chi connectivity index (χ0v) is 19.6. The van der Waals surface area contributed by atoms with Crippen LogP contribution in [-0.2, 0) is 4.79 Å². The molecule has 6 unspecified atom stereocenters. The van der Waals surface area contributed by atoms with E-state index in [0.717, 1.165) is 31.2 Å². The fraction of sp³-hybridized carbons (Fsp3) is 0.467. The molecule has 0 radical (unpaired) electrons. The number of hydrogen-bond acceptors (Lipinski definition) is 2. The quantitative estimate of drug-likeness (QED) is 0.496. The molecule has 4 aliphatic carbocycles. The molecule has 0 bridgehead atoms. The third kappa shape index (κ3) is 3.11. The number of aromatic nitrogens is 1. The summed E-state index contributed by atoms with van der Waals surface area (Å²) in [7, 11) is 0. The molecule has 1 aromatic carbocycles. The van der Waals surface area contributed by atoms with Gasteiger partial charge in [0.25, 0.3) is 0 Å². The monoisotopic (exact) mass is 441 g/mol. The molecule has 33 heavy (non-hydrogen) atoms. The molecule has 2 aromatic rings. The van der Waals surface area contributed by atoms with Crippen LogP contribution in [0.4, 0.5) is 4.39 Å². The van der Waals surface area contributed by atoms with E-state index in [9.17, 15) is 9.18 Å². The molecule has 0 aliphatic heterocycles. The zero-order valence-electron chi connectivity index (χ0n) is 19.6. The Balaban J connectivity index is 1.41. The summed E-state index contributed by atoms with van der Waals surface area (Å²) in [4.78, 5) is 16.7. The highest BCUT2D eigenvalue weighted by Crippen LogP contribution is 2.68. The van der Waals surface area contributed by atoms with Crippen LogP contribution < -0.4 is 0 Å². The third-order valence-electron chi connectivity index (χ3n) is 9.80. The predicted molar refractivity (Wildman–Crippen MR) is 129 cm³/mol. The van der Waals surface area contributed by atoms with Gasteiger partial charge in [-0.2, -0.15) is 0 Å². The van der Waals surface area contributed by atoms with E-state index >= 15 is 0 Å². The molecular weight excluding hydrogens is 409 g/mol. The predicted octanol–water partition coefficient (Wildman–Crippen LogP) is 7.14. The Kier molecular flexibility index (Phi) is 4.76. The largest absolute Gasteiger partial charge is 0.295 e. The lowest BCUT2D eigenvalue weighted by Crippen LogP contribution is -2.51. The molecule has 2 nitrogen and oxygen atoms in total. The van der Waals surface area contributed by atoms with Crippen molar-refractivity contribution in [2.45, 2.75) is 58.3 Å². The molecule has 1 heterocycles. The van der Waals surface area contributed by atoms with E-state index < -0.39 is 0 Å². The van der Waals surface area contributed by atoms with Gasteiger partial charge >= 0.3 is 0 Å². The van der Waals surface area contributed by atoms with Crippen molar-refractivity contribution in [2.75, 3.05) is 0 Å². The molecule has 170 valence electrons. The highest BCUT2D eigenvalue weighted by molar-refractivity contribution is 5.92. The lowest BCUT2D eigenvalue weighted by atomic mass is 9.44. The fourth-order valence-electron chi connectivity index (χ4n) is 8.22. The molecule has 6 atom stereocenters. The Hall–Kier alpha value is -2.55. The Bertz CT molecular complexity index is 1170.